The summed E-state index contributed by atoms with van der Waals surface area (Å²) in [7, 11) is 0. The fraction of sp³-hybridized carbons (Fsp3) is 0.533. The number of morpholine rings is 1. The molecule has 6 heteroatoms. The molecule has 0 spiro atoms. The van der Waals surface area contributed by atoms with Gasteiger partial charge in [0, 0.05) is 31.4 Å². The van der Waals surface area contributed by atoms with Crippen LogP contribution in [0.15, 0.2) is 24.3 Å². The summed E-state index contributed by atoms with van der Waals surface area (Å²) < 4.78 is 11.1. The minimum absolute atomic E-state index is 0.0150. The number of carbonyl (C=O) groups excluding carboxylic acids is 1. The number of nitrogens with zero attached hydrogens (tertiary/aromatic N) is 1. The maximum absolute atomic E-state index is 12.0. The van der Waals surface area contributed by atoms with E-state index in [1.165, 1.54) is 0 Å². The number of nitrogens with two attached hydrogens (primary N) is 1. The molecule has 1 aromatic rings. The average molecular weight is 293 g/mol. The Morgan fingerprint density at radius 3 is 3.19 bits per heavy atom. The highest BCUT2D eigenvalue weighted by molar-refractivity contribution is 5.81. The highest BCUT2D eigenvalue weighted by Crippen LogP contribution is 2.14. The first-order valence-electron chi connectivity index (χ1n) is 7.28. The van der Waals surface area contributed by atoms with Crippen molar-refractivity contribution in [2.45, 2.75) is 13.0 Å². The Hall–Kier alpha value is -1.79. The standard InChI is InChI=1S/C15H23N3O3/c1-2-17-15(19)14-11-20-8-6-18(14)7-9-21-13-5-3-4-12(16)10-13/h3-5,10,14H,2,6-9,11,16H2,1H3,(H,17,19). The van der Waals surface area contributed by atoms with Crippen LogP contribution >= 0.6 is 0 Å². The summed E-state index contributed by atoms with van der Waals surface area (Å²) in [5.41, 5.74) is 6.39. The number of anilines is 1. The zero-order valence-electron chi connectivity index (χ0n) is 12.4. The van der Waals surface area contributed by atoms with Crippen LogP contribution in [-0.4, -0.2) is 56.3 Å². The largest absolute Gasteiger partial charge is 0.492 e. The number of hydrogen-bond donors (Lipinski definition) is 2. The number of nitrogens with one attached hydrogen (secondary N) is 1. The lowest BCUT2D eigenvalue weighted by Crippen LogP contribution is -2.54. The lowest BCUT2D eigenvalue weighted by molar-refractivity contribution is -0.132. The van der Waals surface area contributed by atoms with E-state index in [-0.39, 0.29) is 11.9 Å². The van der Waals surface area contributed by atoms with Crippen molar-refractivity contribution in [3.05, 3.63) is 24.3 Å². The second kappa shape index (κ2) is 7.85. The topological polar surface area (TPSA) is 76.8 Å². The Labute approximate surface area is 125 Å². The number of likely N-dealkylation sites (N-methyl/N-ethyl adjacent to an activating group) is 1. The Morgan fingerprint density at radius 1 is 1.57 bits per heavy atom. The molecule has 116 valence electrons. The molecule has 1 heterocycles. The molecule has 0 aromatic heterocycles. The lowest BCUT2D eigenvalue weighted by atomic mass is 10.2. The summed E-state index contributed by atoms with van der Waals surface area (Å²) in [5, 5.41) is 2.84. The molecule has 6 nitrogen and oxygen atoms in total. The monoisotopic (exact) mass is 293 g/mol. The normalized spacial score (nSPS) is 19.2. The molecule has 0 radical (unpaired) electrons. The summed E-state index contributed by atoms with van der Waals surface area (Å²) in [4.78, 5) is 14.1. The Kier molecular flexibility index (Phi) is 5.83. The van der Waals surface area contributed by atoms with E-state index in [2.05, 4.69) is 10.2 Å². The van der Waals surface area contributed by atoms with Crippen LogP contribution < -0.4 is 15.8 Å². The van der Waals surface area contributed by atoms with Gasteiger partial charge < -0.3 is 20.5 Å². The van der Waals surface area contributed by atoms with Crippen molar-refractivity contribution in [3.8, 4) is 5.75 Å². The number of carbonyl (C=O) groups is 1. The van der Waals surface area contributed by atoms with E-state index in [1.54, 1.807) is 6.07 Å². The van der Waals surface area contributed by atoms with Crippen molar-refractivity contribution in [1.82, 2.24) is 10.2 Å². The quantitative estimate of drug-likeness (QED) is 0.746. The van der Waals surface area contributed by atoms with Crippen LogP contribution in [0.5, 0.6) is 5.75 Å². The van der Waals surface area contributed by atoms with Gasteiger partial charge in [0.15, 0.2) is 0 Å². The smallest absolute Gasteiger partial charge is 0.239 e. The van der Waals surface area contributed by atoms with E-state index < -0.39 is 0 Å². The Balaban J connectivity index is 1.83. The molecule has 2 rings (SSSR count). The van der Waals surface area contributed by atoms with Crippen molar-refractivity contribution >= 4 is 11.6 Å². The predicted molar refractivity (Wildman–Crippen MR) is 81.2 cm³/mol. The van der Waals surface area contributed by atoms with Crippen LogP contribution in [0.2, 0.25) is 0 Å². The predicted octanol–water partition coefficient (Wildman–Crippen LogP) is 0.485. The Bertz CT molecular complexity index is 467. The second-order valence-corrected chi connectivity index (χ2v) is 4.94. The average Bonchev–Trinajstić information content (AvgIpc) is 2.48. The molecule has 0 saturated carbocycles. The van der Waals surface area contributed by atoms with Gasteiger partial charge in [-0.25, -0.2) is 0 Å². The van der Waals surface area contributed by atoms with Crippen molar-refractivity contribution in [2.75, 3.05) is 45.2 Å². The first kappa shape index (κ1) is 15.6. The highest BCUT2D eigenvalue weighted by Gasteiger charge is 2.28. The maximum Gasteiger partial charge on any atom is 0.239 e. The fourth-order valence-corrected chi connectivity index (χ4v) is 2.32. The molecular weight excluding hydrogens is 270 g/mol. The van der Waals surface area contributed by atoms with Gasteiger partial charge in [-0.3, -0.25) is 9.69 Å². The van der Waals surface area contributed by atoms with Gasteiger partial charge in [-0.15, -0.1) is 0 Å². The third-order valence-corrected chi connectivity index (χ3v) is 3.40. The van der Waals surface area contributed by atoms with Crippen molar-refractivity contribution in [3.63, 3.8) is 0 Å². The number of amides is 1. The SMILES string of the molecule is CCNC(=O)C1COCCN1CCOc1cccc(N)c1. The van der Waals surface area contributed by atoms with Crippen LogP contribution in [0.4, 0.5) is 5.69 Å². The molecule has 1 amide bonds. The zero-order chi connectivity index (χ0) is 15.1. The van der Waals surface area contributed by atoms with Crippen LogP contribution in [0.3, 0.4) is 0 Å². The number of benzene rings is 1. The van der Waals surface area contributed by atoms with E-state index >= 15 is 0 Å². The molecule has 1 aromatic carbocycles. The zero-order valence-corrected chi connectivity index (χ0v) is 12.4. The van der Waals surface area contributed by atoms with Crippen molar-refractivity contribution < 1.29 is 14.3 Å². The van der Waals surface area contributed by atoms with E-state index in [1.807, 2.05) is 25.1 Å². The minimum atomic E-state index is -0.233. The van der Waals surface area contributed by atoms with E-state index in [4.69, 9.17) is 15.2 Å². The third-order valence-electron chi connectivity index (χ3n) is 3.40. The number of hydrogen-bond acceptors (Lipinski definition) is 5. The summed E-state index contributed by atoms with van der Waals surface area (Å²) >= 11 is 0. The van der Waals surface area contributed by atoms with Gasteiger partial charge in [-0.1, -0.05) is 6.07 Å². The molecule has 21 heavy (non-hydrogen) atoms. The van der Waals surface area contributed by atoms with Crippen molar-refractivity contribution in [2.24, 2.45) is 0 Å². The summed E-state index contributed by atoms with van der Waals surface area (Å²) in [6.07, 6.45) is 0. The van der Waals surface area contributed by atoms with Crippen LogP contribution in [0.25, 0.3) is 0 Å². The van der Waals surface area contributed by atoms with Gasteiger partial charge in [0.2, 0.25) is 5.91 Å². The molecular formula is C15H23N3O3. The molecule has 1 unspecified atom stereocenters. The van der Waals surface area contributed by atoms with Crippen molar-refractivity contribution in [1.29, 1.82) is 0 Å². The second-order valence-electron chi connectivity index (χ2n) is 4.94. The van der Waals surface area contributed by atoms with Gasteiger partial charge >= 0.3 is 0 Å². The summed E-state index contributed by atoms with van der Waals surface area (Å²) in [6, 6.07) is 7.11. The molecule has 0 aliphatic carbocycles. The highest BCUT2D eigenvalue weighted by atomic mass is 16.5. The maximum atomic E-state index is 12.0. The third kappa shape index (κ3) is 4.61. The Morgan fingerprint density at radius 2 is 2.43 bits per heavy atom. The van der Waals surface area contributed by atoms with Gasteiger partial charge in [0.25, 0.3) is 0 Å². The molecule has 1 saturated heterocycles. The van der Waals surface area contributed by atoms with Gasteiger partial charge in [-0.05, 0) is 19.1 Å². The number of nitrogen functional groups attached to an aromatic ring is 1. The van der Waals surface area contributed by atoms with Gasteiger partial charge in [0.05, 0.1) is 13.2 Å². The molecule has 1 aliphatic heterocycles. The van der Waals surface area contributed by atoms with E-state index in [0.717, 1.165) is 12.3 Å². The van der Waals surface area contributed by atoms with Crippen LogP contribution in [0.1, 0.15) is 6.92 Å². The molecule has 1 aliphatic rings. The lowest BCUT2D eigenvalue weighted by Gasteiger charge is -2.34. The van der Waals surface area contributed by atoms with Gasteiger partial charge in [-0.2, -0.15) is 0 Å². The van der Waals surface area contributed by atoms with E-state index in [0.29, 0.717) is 38.6 Å². The first-order chi connectivity index (χ1) is 10.2. The first-order valence-corrected chi connectivity index (χ1v) is 7.28. The number of ether oxygens (including phenoxy) is 2. The molecule has 1 atom stereocenters. The van der Waals surface area contributed by atoms with Gasteiger partial charge in [0.1, 0.15) is 18.4 Å². The molecule has 1 fully saturated rings. The van der Waals surface area contributed by atoms with Crippen LogP contribution in [0, 0.1) is 0 Å². The summed E-state index contributed by atoms with van der Waals surface area (Å²) in [5.74, 6) is 0.763. The minimum Gasteiger partial charge on any atom is -0.492 e. The molecule has 0 bridgehead atoms. The number of rotatable bonds is 6. The fourth-order valence-electron chi connectivity index (χ4n) is 2.32. The van der Waals surface area contributed by atoms with Crippen LogP contribution in [-0.2, 0) is 9.53 Å². The van der Waals surface area contributed by atoms with E-state index in [9.17, 15) is 4.79 Å². The summed E-state index contributed by atoms with van der Waals surface area (Å²) in [6.45, 7) is 5.55. The molecule has 3 N–H and O–H groups in total.